The van der Waals surface area contributed by atoms with Gasteiger partial charge < -0.3 is 10.2 Å². The summed E-state index contributed by atoms with van der Waals surface area (Å²) in [6.07, 6.45) is 7.28. The largest absolute Gasteiger partial charge is 0.359 e. The van der Waals surface area contributed by atoms with Gasteiger partial charge in [0.05, 0.1) is 11.4 Å². The molecule has 1 N–H and O–H groups in total. The summed E-state index contributed by atoms with van der Waals surface area (Å²) < 4.78 is 0. The Morgan fingerprint density at radius 1 is 0.676 bits per heavy atom. The van der Waals surface area contributed by atoms with E-state index in [4.69, 9.17) is 0 Å². The molecule has 0 radical (unpaired) electrons. The Balaban J connectivity index is 1.18. The first-order valence-electron chi connectivity index (χ1n) is 13.1. The number of para-hydroxylation sites is 2. The molecular weight excluding hydrogens is 448 g/mol. The molecule has 0 aromatic heterocycles. The maximum Gasteiger partial charge on any atom is 0.130 e. The van der Waals surface area contributed by atoms with Crippen molar-refractivity contribution in [3.05, 3.63) is 156 Å². The third kappa shape index (κ3) is 3.12. The molecule has 1 heterocycles. The second kappa shape index (κ2) is 7.97. The summed E-state index contributed by atoms with van der Waals surface area (Å²) in [6.45, 7) is 0. The minimum absolute atomic E-state index is 0.0564. The normalized spacial score (nSPS) is 20.9. The fraction of sp³-hybridized carbons (Fsp3) is 0.0857. The van der Waals surface area contributed by atoms with Crippen molar-refractivity contribution in [2.45, 2.75) is 18.0 Å². The third-order valence-electron chi connectivity index (χ3n) is 8.21. The molecule has 5 aromatic rings. The van der Waals surface area contributed by atoms with Gasteiger partial charge in [0.1, 0.15) is 6.17 Å². The van der Waals surface area contributed by atoms with Crippen LogP contribution in [-0.4, -0.2) is 0 Å². The first kappa shape index (κ1) is 20.6. The lowest BCUT2D eigenvalue weighted by Crippen LogP contribution is -2.24. The second-order valence-corrected chi connectivity index (χ2v) is 10.2. The van der Waals surface area contributed by atoms with E-state index < -0.39 is 0 Å². The van der Waals surface area contributed by atoms with Crippen LogP contribution in [0.3, 0.4) is 0 Å². The fourth-order valence-corrected chi connectivity index (χ4v) is 6.46. The number of benzene rings is 5. The average Bonchev–Trinajstić information content (AvgIpc) is 3.35. The molecule has 0 fully saturated rings. The van der Waals surface area contributed by atoms with Crippen LogP contribution in [0.1, 0.15) is 40.3 Å². The van der Waals surface area contributed by atoms with Gasteiger partial charge in [0.15, 0.2) is 0 Å². The van der Waals surface area contributed by atoms with Crippen molar-refractivity contribution in [1.29, 1.82) is 0 Å². The van der Waals surface area contributed by atoms with Crippen LogP contribution in [-0.2, 0) is 0 Å². The Labute approximate surface area is 217 Å². The molecule has 3 aliphatic rings. The van der Waals surface area contributed by atoms with Gasteiger partial charge in [-0.2, -0.15) is 0 Å². The number of nitrogens with zero attached hydrogens (tertiary/aromatic N) is 1. The van der Waals surface area contributed by atoms with E-state index in [2.05, 4.69) is 144 Å². The number of hydrogen-bond acceptors (Lipinski definition) is 2. The topological polar surface area (TPSA) is 15.3 Å². The monoisotopic (exact) mass is 474 g/mol. The molecule has 0 bridgehead atoms. The molecule has 2 aliphatic carbocycles. The van der Waals surface area contributed by atoms with Gasteiger partial charge in [-0.25, -0.2) is 0 Å². The number of rotatable bonds is 3. The molecule has 0 saturated heterocycles. The van der Waals surface area contributed by atoms with Crippen LogP contribution in [0.15, 0.2) is 133 Å². The SMILES string of the molecule is C1=CC2c3c(ccc4ccccc34)C2C=C1c1cccc(N2c3ccccc3NC2c2ccccc2)c1. The highest BCUT2D eigenvalue weighted by molar-refractivity contribution is 5.92. The van der Waals surface area contributed by atoms with Crippen LogP contribution in [0.4, 0.5) is 17.1 Å². The van der Waals surface area contributed by atoms with Crippen LogP contribution in [0.2, 0.25) is 0 Å². The molecule has 37 heavy (non-hydrogen) atoms. The Morgan fingerprint density at radius 2 is 1.51 bits per heavy atom. The zero-order valence-corrected chi connectivity index (χ0v) is 20.4. The molecule has 2 heteroatoms. The third-order valence-corrected chi connectivity index (χ3v) is 8.21. The number of allylic oxidation sites excluding steroid dienone is 4. The maximum atomic E-state index is 3.74. The van der Waals surface area contributed by atoms with E-state index in [9.17, 15) is 0 Å². The van der Waals surface area contributed by atoms with Crippen LogP contribution in [0.25, 0.3) is 16.3 Å². The second-order valence-electron chi connectivity index (χ2n) is 10.2. The van der Waals surface area contributed by atoms with Crippen LogP contribution < -0.4 is 10.2 Å². The summed E-state index contributed by atoms with van der Waals surface area (Å²) in [6, 6.07) is 41.7. The predicted octanol–water partition coefficient (Wildman–Crippen LogP) is 8.94. The lowest BCUT2D eigenvalue weighted by Gasteiger charge is -2.40. The molecule has 3 unspecified atom stereocenters. The van der Waals surface area contributed by atoms with E-state index in [0.29, 0.717) is 11.8 Å². The van der Waals surface area contributed by atoms with E-state index in [1.54, 1.807) is 0 Å². The molecule has 3 atom stereocenters. The molecule has 0 amide bonds. The molecule has 8 rings (SSSR count). The van der Waals surface area contributed by atoms with Gasteiger partial charge >= 0.3 is 0 Å². The zero-order valence-electron chi connectivity index (χ0n) is 20.4. The highest BCUT2D eigenvalue weighted by Crippen LogP contribution is 2.54. The highest BCUT2D eigenvalue weighted by atomic mass is 15.3. The summed E-state index contributed by atoms with van der Waals surface area (Å²) in [5, 5.41) is 6.48. The van der Waals surface area contributed by atoms with E-state index in [-0.39, 0.29) is 6.17 Å². The van der Waals surface area contributed by atoms with Crippen LogP contribution in [0.5, 0.6) is 0 Å². The van der Waals surface area contributed by atoms with E-state index in [1.807, 2.05) is 0 Å². The lowest BCUT2D eigenvalue weighted by molar-refractivity contribution is 0.647. The van der Waals surface area contributed by atoms with Crippen molar-refractivity contribution in [3.8, 4) is 0 Å². The van der Waals surface area contributed by atoms with Crippen LogP contribution in [0, 0.1) is 0 Å². The van der Waals surface area contributed by atoms with Crippen molar-refractivity contribution in [2.24, 2.45) is 0 Å². The van der Waals surface area contributed by atoms with E-state index in [0.717, 1.165) is 0 Å². The van der Waals surface area contributed by atoms with Gasteiger partial charge in [-0.3, -0.25) is 0 Å². The highest BCUT2D eigenvalue weighted by Gasteiger charge is 2.38. The fourth-order valence-electron chi connectivity index (χ4n) is 6.46. The van der Waals surface area contributed by atoms with Crippen molar-refractivity contribution >= 4 is 33.4 Å². The quantitative estimate of drug-likeness (QED) is 0.281. The predicted molar refractivity (Wildman–Crippen MR) is 154 cm³/mol. The van der Waals surface area contributed by atoms with Crippen molar-refractivity contribution in [3.63, 3.8) is 0 Å². The molecule has 1 aliphatic heterocycles. The minimum Gasteiger partial charge on any atom is -0.359 e. The van der Waals surface area contributed by atoms with Gasteiger partial charge in [0.25, 0.3) is 0 Å². The van der Waals surface area contributed by atoms with E-state index in [1.165, 1.54) is 55.7 Å². The maximum absolute atomic E-state index is 3.74. The van der Waals surface area contributed by atoms with E-state index >= 15 is 0 Å². The summed E-state index contributed by atoms with van der Waals surface area (Å²) in [4.78, 5) is 2.43. The Morgan fingerprint density at radius 3 is 2.46 bits per heavy atom. The molecule has 0 saturated carbocycles. The standard InChI is InChI=1S/C35H26N2/c1-2-10-24(11-3-1)35-36-32-15-6-7-16-33(32)37(35)27-13-8-12-25(21-27)26-18-20-30-31(22-26)29-19-17-23-9-4-5-14-28(23)34(29)30/h1-22,30-31,35-36H. The summed E-state index contributed by atoms with van der Waals surface area (Å²) in [5.41, 5.74) is 10.4. The zero-order chi connectivity index (χ0) is 24.3. The van der Waals surface area contributed by atoms with Gasteiger partial charge in [-0.05, 0) is 62.9 Å². The molecule has 5 aromatic carbocycles. The lowest BCUT2D eigenvalue weighted by atomic mass is 9.63. The van der Waals surface area contributed by atoms with Gasteiger partial charge in [0.2, 0.25) is 0 Å². The number of fused-ring (bicyclic) bond motifs is 7. The van der Waals surface area contributed by atoms with Crippen molar-refractivity contribution < 1.29 is 0 Å². The molecule has 0 spiro atoms. The minimum atomic E-state index is 0.0564. The van der Waals surface area contributed by atoms with Crippen molar-refractivity contribution in [2.75, 3.05) is 10.2 Å². The summed E-state index contributed by atoms with van der Waals surface area (Å²) in [7, 11) is 0. The van der Waals surface area contributed by atoms with Gasteiger partial charge in [0, 0.05) is 17.5 Å². The average molecular weight is 475 g/mol. The van der Waals surface area contributed by atoms with Gasteiger partial charge in [-0.15, -0.1) is 0 Å². The summed E-state index contributed by atoms with van der Waals surface area (Å²) in [5.74, 6) is 0.930. The van der Waals surface area contributed by atoms with Crippen LogP contribution >= 0.6 is 0 Å². The number of anilines is 3. The number of nitrogens with one attached hydrogen (secondary N) is 1. The summed E-state index contributed by atoms with van der Waals surface area (Å²) >= 11 is 0. The first-order valence-corrected chi connectivity index (χ1v) is 13.1. The Hall–Kier alpha value is -4.56. The van der Waals surface area contributed by atoms with Crippen molar-refractivity contribution in [1.82, 2.24) is 0 Å². The molecule has 2 nitrogen and oxygen atoms in total. The van der Waals surface area contributed by atoms with Gasteiger partial charge in [-0.1, -0.05) is 109 Å². The Kier molecular flexibility index (Phi) is 4.44. The molecule has 176 valence electrons. The first-order chi connectivity index (χ1) is 18.3. The smallest absolute Gasteiger partial charge is 0.130 e. The molecular formula is C35H26N2. The Bertz CT molecular complexity index is 1730. The number of hydrogen-bond donors (Lipinski definition) is 1.